The molecule has 2 aromatic heterocycles. The van der Waals surface area contributed by atoms with E-state index in [9.17, 15) is 0 Å². The quantitative estimate of drug-likeness (QED) is 0.788. The number of hydrogen-bond donors (Lipinski definition) is 3. The molecular weight excluding hydrogens is 302 g/mol. The van der Waals surface area contributed by atoms with E-state index in [2.05, 4.69) is 25.1 Å². The number of anilines is 2. The van der Waals surface area contributed by atoms with Gasteiger partial charge in [-0.15, -0.1) is 0 Å². The maximum absolute atomic E-state index is 6.25. The molecule has 22 heavy (non-hydrogen) atoms. The topological polar surface area (TPSA) is 110 Å². The van der Waals surface area contributed by atoms with Crippen molar-refractivity contribution in [1.82, 2.24) is 20.2 Å². The molecule has 0 amide bonds. The SMILES string of the molecule is Cc1[nH]nc(-c2cc(N3CCC(CCN)C3)nc(N)n2)c1Cl. The average molecular weight is 322 g/mol. The maximum Gasteiger partial charge on any atom is 0.222 e. The summed E-state index contributed by atoms with van der Waals surface area (Å²) >= 11 is 6.25. The summed E-state index contributed by atoms with van der Waals surface area (Å²) in [5.41, 5.74) is 13.6. The molecule has 118 valence electrons. The average Bonchev–Trinajstić information content (AvgIpc) is 3.07. The van der Waals surface area contributed by atoms with Crippen LogP contribution in [0.25, 0.3) is 11.4 Å². The molecule has 0 bridgehead atoms. The fraction of sp³-hybridized carbons (Fsp3) is 0.500. The van der Waals surface area contributed by atoms with Crippen LogP contribution in [0.4, 0.5) is 11.8 Å². The van der Waals surface area contributed by atoms with Gasteiger partial charge in [0, 0.05) is 19.2 Å². The van der Waals surface area contributed by atoms with E-state index in [1.54, 1.807) is 0 Å². The van der Waals surface area contributed by atoms with Crippen LogP contribution in [0.1, 0.15) is 18.5 Å². The Balaban J connectivity index is 1.89. The molecule has 1 aliphatic rings. The van der Waals surface area contributed by atoms with Crippen LogP contribution >= 0.6 is 11.6 Å². The predicted octanol–water partition coefficient (Wildman–Crippen LogP) is 1.59. The van der Waals surface area contributed by atoms with Gasteiger partial charge in [0.1, 0.15) is 11.5 Å². The third kappa shape index (κ3) is 2.86. The third-order valence-corrected chi connectivity index (χ3v) is 4.49. The molecule has 3 heterocycles. The molecule has 0 spiro atoms. The molecular formula is C14H20ClN7. The van der Waals surface area contributed by atoms with E-state index in [1.165, 1.54) is 0 Å². The molecule has 1 fully saturated rings. The number of rotatable bonds is 4. The Bertz CT molecular complexity index is 669. The van der Waals surface area contributed by atoms with Crippen molar-refractivity contribution in [1.29, 1.82) is 0 Å². The third-order valence-electron chi connectivity index (χ3n) is 4.03. The van der Waals surface area contributed by atoms with Gasteiger partial charge in [-0.3, -0.25) is 5.10 Å². The number of halogens is 1. The van der Waals surface area contributed by atoms with Gasteiger partial charge in [0.15, 0.2) is 0 Å². The minimum Gasteiger partial charge on any atom is -0.368 e. The smallest absolute Gasteiger partial charge is 0.222 e. The fourth-order valence-corrected chi connectivity index (χ4v) is 3.01. The van der Waals surface area contributed by atoms with E-state index in [0.29, 0.717) is 22.3 Å². The lowest BCUT2D eigenvalue weighted by molar-refractivity contribution is 0.546. The lowest BCUT2D eigenvalue weighted by atomic mass is 10.1. The Hall–Kier alpha value is -1.86. The van der Waals surface area contributed by atoms with Crippen LogP contribution < -0.4 is 16.4 Å². The zero-order valence-corrected chi connectivity index (χ0v) is 13.3. The molecule has 7 nitrogen and oxygen atoms in total. The Morgan fingerprint density at radius 3 is 2.95 bits per heavy atom. The molecule has 3 rings (SSSR count). The lowest BCUT2D eigenvalue weighted by Crippen LogP contribution is -2.22. The van der Waals surface area contributed by atoms with Gasteiger partial charge < -0.3 is 16.4 Å². The molecule has 1 saturated heterocycles. The van der Waals surface area contributed by atoms with Gasteiger partial charge >= 0.3 is 0 Å². The van der Waals surface area contributed by atoms with Crippen molar-refractivity contribution in [2.45, 2.75) is 19.8 Å². The minimum absolute atomic E-state index is 0.228. The number of aryl methyl sites for hydroxylation is 1. The van der Waals surface area contributed by atoms with Crippen molar-refractivity contribution in [3.63, 3.8) is 0 Å². The fourth-order valence-electron chi connectivity index (χ4n) is 2.83. The minimum atomic E-state index is 0.228. The van der Waals surface area contributed by atoms with E-state index >= 15 is 0 Å². The van der Waals surface area contributed by atoms with Gasteiger partial charge in [-0.05, 0) is 32.2 Å². The summed E-state index contributed by atoms with van der Waals surface area (Å²) < 4.78 is 0. The highest BCUT2D eigenvalue weighted by molar-refractivity contribution is 6.33. The number of H-pyrrole nitrogens is 1. The lowest BCUT2D eigenvalue weighted by Gasteiger charge is -2.18. The number of aromatic amines is 1. The Kier molecular flexibility index (Phi) is 4.17. The number of aromatic nitrogens is 4. The van der Waals surface area contributed by atoms with Gasteiger partial charge in [-0.1, -0.05) is 11.6 Å². The number of nitrogen functional groups attached to an aromatic ring is 1. The summed E-state index contributed by atoms with van der Waals surface area (Å²) in [6.07, 6.45) is 2.16. The Labute approximate surface area is 134 Å². The van der Waals surface area contributed by atoms with Crippen molar-refractivity contribution in [2.75, 3.05) is 30.3 Å². The molecule has 0 saturated carbocycles. The number of nitrogens with zero attached hydrogens (tertiary/aromatic N) is 4. The summed E-state index contributed by atoms with van der Waals surface area (Å²) in [6, 6.07) is 1.89. The molecule has 1 atom stereocenters. The van der Waals surface area contributed by atoms with Gasteiger partial charge in [0.05, 0.1) is 16.4 Å². The first kappa shape index (κ1) is 15.1. The van der Waals surface area contributed by atoms with Crippen molar-refractivity contribution in [3.05, 3.63) is 16.8 Å². The molecule has 2 aromatic rings. The maximum atomic E-state index is 6.25. The van der Waals surface area contributed by atoms with Gasteiger partial charge in [0.25, 0.3) is 0 Å². The van der Waals surface area contributed by atoms with Crippen LogP contribution in [0.2, 0.25) is 5.02 Å². The van der Waals surface area contributed by atoms with E-state index in [0.717, 1.165) is 44.0 Å². The second kappa shape index (κ2) is 6.10. The summed E-state index contributed by atoms with van der Waals surface area (Å²) in [5, 5.41) is 7.62. The summed E-state index contributed by atoms with van der Waals surface area (Å²) in [4.78, 5) is 10.8. The zero-order valence-electron chi connectivity index (χ0n) is 12.5. The first-order valence-electron chi connectivity index (χ1n) is 7.39. The van der Waals surface area contributed by atoms with Crippen LogP contribution in [-0.4, -0.2) is 39.8 Å². The standard InChI is InChI=1S/C14H20ClN7/c1-8-12(15)13(21-20-8)10-6-11(19-14(17)18-10)22-5-3-9(7-22)2-4-16/h6,9H,2-5,7,16H2,1H3,(H,20,21)(H2,17,18,19). The van der Waals surface area contributed by atoms with E-state index in [1.807, 2.05) is 13.0 Å². The zero-order chi connectivity index (χ0) is 15.7. The number of hydrogen-bond acceptors (Lipinski definition) is 6. The van der Waals surface area contributed by atoms with Gasteiger partial charge in [-0.25, -0.2) is 4.98 Å². The Morgan fingerprint density at radius 1 is 1.45 bits per heavy atom. The highest BCUT2D eigenvalue weighted by Crippen LogP contribution is 2.31. The van der Waals surface area contributed by atoms with Crippen LogP contribution in [0.3, 0.4) is 0 Å². The second-order valence-electron chi connectivity index (χ2n) is 5.66. The first-order chi connectivity index (χ1) is 10.6. The Morgan fingerprint density at radius 2 is 2.27 bits per heavy atom. The first-order valence-corrected chi connectivity index (χ1v) is 7.76. The molecule has 0 aromatic carbocycles. The monoisotopic (exact) mass is 321 g/mol. The van der Waals surface area contributed by atoms with Gasteiger partial charge in [-0.2, -0.15) is 10.1 Å². The number of nitrogens with one attached hydrogen (secondary N) is 1. The van der Waals surface area contributed by atoms with Crippen LogP contribution in [0, 0.1) is 12.8 Å². The van der Waals surface area contributed by atoms with Crippen molar-refractivity contribution >= 4 is 23.4 Å². The van der Waals surface area contributed by atoms with Crippen LogP contribution in [-0.2, 0) is 0 Å². The second-order valence-corrected chi connectivity index (χ2v) is 6.04. The van der Waals surface area contributed by atoms with Crippen LogP contribution in [0.15, 0.2) is 6.07 Å². The van der Waals surface area contributed by atoms with Gasteiger partial charge in [0.2, 0.25) is 5.95 Å². The molecule has 8 heteroatoms. The molecule has 1 unspecified atom stereocenters. The largest absolute Gasteiger partial charge is 0.368 e. The van der Waals surface area contributed by atoms with Crippen LogP contribution in [0.5, 0.6) is 0 Å². The predicted molar refractivity (Wildman–Crippen MR) is 87.8 cm³/mol. The molecule has 0 radical (unpaired) electrons. The molecule has 1 aliphatic heterocycles. The summed E-state index contributed by atoms with van der Waals surface area (Å²) in [5.74, 6) is 1.66. The van der Waals surface area contributed by atoms with E-state index in [-0.39, 0.29) is 5.95 Å². The van der Waals surface area contributed by atoms with E-state index < -0.39 is 0 Å². The van der Waals surface area contributed by atoms with E-state index in [4.69, 9.17) is 23.1 Å². The van der Waals surface area contributed by atoms with Crippen molar-refractivity contribution in [3.8, 4) is 11.4 Å². The highest BCUT2D eigenvalue weighted by Gasteiger charge is 2.24. The number of nitrogens with two attached hydrogens (primary N) is 2. The van der Waals surface area contributed by atoms with Crippen molar-refractivity contribution < 1.29 is 0 Å². The summed E-state index contributed by atoms with van der Waals surface area (Å²) in [7, 11) is 0. The summed E-state index contributed by atoms with van der Waals surface area (Å²) in [6.45, 7) is 4.48. The normalized spacial score (nSPS) is 18.1. The molecule has 5 N–H and O–H groups in total. The molecule has 0 aliphatic carbocycles. The highest BCUT2D eigenvalue weighted by atomic mass is 35.5. The van der Waals surface area contributed by atoms with Crippen molar-refractivity contribution in [2.24, 2.45) is 11.7 Å².